The van der Waals surface area contributed by atoms with E-state index in [0.29, 0.717) is 0 Å². The zero-order valence-electron chi connectivity index (χ0n) is 2.56. The third kappa shape index (κ3) is 3.70. The predicted molar refractivity (Wildman–Crippen MR) is 22.3 cm³/mol. The summed E-state index contributed by atoms with van der Waals surface area (Å²) < 4.78 is 9.35. The molecule has 2 N–H and O–H groups in total. The molecule has 0 aromatic carbocycles. The fourth-order valence-corrected chi connectivity index (χ4v) is 0.102. The second kappa shape index (κ2) is 3.70. The second-order valence-electron chi connectivity index (χ2n) is 0.429. The Labute approximate surface area is 31.2 Å². The molecule has 1 atom stereocenters. The fourth-order valence-electron chi connectivity index (χ4n) is 0.0340. The van der Waals surface area contributed by atoms with Crippen molar-refractivity contribution in [2.24, 2.45) is 0 Å². The normalized spacial score (nSPS) is 8.80. The lowest BCUT2D eigenvalue weighted by atomic mass is 11.4. The Morgan fingerprint density at radius 1 is 2.00 bits per heavy atom. The lowest BCUT2D eigenvalue weighted by Gasteiger charge is -1.70. The van der Waals surface area contributed by atoms with Crippen molar-refractivity contribution in [1.29, 1.82) is 5.41 Å². The van der Waals surface area contributed by atoms with Crippen molar-refractivity contribution < 1.29 is 4.57 Å². The molecule has 1 unspecified atom stereocenters. The molecule has 0 aromatic rings. The zero-order valence-corrected chi connectivity index (χ0v) is 3.72. The van der Waals surface area contributed by atoms with Gasteiger partial charge in [0.2, 0.25) is 0 Å². The Morgan fingerprint density at radius 3 is 2.60 bits per heavy atom. The van der Waals surface area contributed by atoms with Gasteiger partial charge in [-0.1, -0.05) is 0 Å². The first-order valence-electron chi connectivity index (χ1n) is 1.10. The van der Waals surface area contributed by atoms with Crippen molar-refractivity contribution in [1.82, 2.24) is 5.09 Å². The summed E-state index contributed by atoms with van der Waals surface area (Å²) in [7, 11) is -0.957. The van der Waals surface area contributed by atoms with Crippen LogP contribution in [0.15, 0.2) is 0 Å². The van der Waals surface area contributed by atoms with Gasteiger partial charge in [-0.15, -0.1) is 0 Å². The molecule has 0 aliphatic heterocycles. The molecule has 3 nitrogen and oxygen atoms in total. The summed E-state index contributed by atoms with van der Waals surface area (Å²) in [6.07, 6.45) is 0.905. The molecular weight excluding hydrogens is 87.0 g/mol. The Kier molecular flexibility index (Phi) is 3.48. The van der Waals surface area contributed by atoms with E-state index >= 15 is 0 Å². The Balaban J connectivity index is 2.65. The quantitative estimate of drug-likeness (QED) is 0.283. The summed E-state index contributed by atoms with van der Waals surface area (Å²) >= 11 is 0. The topological polar surface area (TPSA) is 53.0 Å². The third-order valence-electron chi connectivity index (χ3n) is 0.151. The zero-order chi connectivity index (χ0) is 4.12. The molecule has 4 heteroatoms. The van der Waals surface area contributed by atoms with E-state index in [-0.39, 0.29) is 0 Å². The van der Waals surface area contributed by atoms with Gasteiger partial charge in [-0.25, -0.2) is 0 Å². The Morgan fingerprint density at radius 2 is 2.60 bits per heavy atom. The minimum absolute atomic E-state index is 0.905. The number of hydrogen-bond acceptors (Lipinski definition) is 2. The predicted octanol–water partition coefficient (Wildman–Crippen LogP) is -0.146. The van der Waals surface area contributed by atoms with Crippen LogP contribution in [0.2, 0.25) is 0 Å². The summed E-state index contributed by atoms with van der Waals surface area (Å²) in [4.78, 5) is 0. The van der Waals surface area contributed by atoms with Crippen molar-refractivity contribution in [3.8, 4) is 0 Å². The van der Waals surface area contributed by atoms with Gasteiger partial charge in [0.05, 0.1) is 6.34 Å². The van der Waals surface area contributed by atoms with E-state index in [0.717, 1.165) is 6.34 Å². The number of rotatable bonds is 2. The lowest BCUT2D eigenvalue weighted by molar-refractivity contribution is 0.597. The van der Waals surface area contributed by atoms with E-state index in [1.807, 2.05) is 0 Å². The molecule has 0 saturated carbocycles. The van der Waals surface area contributed by atoms with E-state index in [1.165, 1.54) is 0 Å². The van der Waals surface area contributed by atoms with Crippen molar-refractivity contribution in [3.63, 3.8) is 0 Å². The van der Waals surface area contributed by atoms with Crippen LogP contribution < -0.4 is 5.09 Å². The van der Waals surface area contributed by atoms with E-state index in [2.05, 4.69) is 5.09 Å². The second-order valence-corrected chi connectivity index (χ2v) is 0.998. The maximum atomic E-state index is 9.35. The minimum atomic E-state index is -0.957. The van der Waals surface area contributed by atoms with Crippen LogP contribution in [-0.2, 0) is 4.57 Å². The monoisotopic (exact) mass is 92.0 g/mol. The smallest absolute Gasteiger partial charge is 0.147 e. The lowest BCUT2D eigenvalue weighted by Crippen LogP contribution is -1.87. The molecule has 0 heterocycles. The highest BCUT2D eigenvalue weighted by molar-refractivity contribution is 7.22. The van der Waals surface area contributed by atoms with Gasteiger partial charge in [0.15, 0.2) is 0 Å². The van der Waals surface area contributed by atoms with Gasteiger partial charge in [0, 0.05) is 0 Å². The molecule has 5 heavy (non-hydrogen) atoms. The summed E-state index contributed by atoms with van der Waals surface area (Å²) in [5.74, 6) is 0. The van der Waals surface area contributed by atoms with Gasteiger partial charge >= 0.3 is 0 Å². The van der Waals surface area contributed by atoms with Gasteiger partial charge in [-0.05, 0) is 0 Å². The molecular formula is CH5N2OP. The van der Waals surface area contributed by atoms with E-state index in [1.54, 1.807) is 0 Å². The van der Waals surface area contributed by atoms with Crippen LogP contribution in [0.4, 0.5) is 0 Å². The summed E-state index contributed by atoms with van der Waals surface area (Å²) in [6, 6.07) is 0. The standard InChI is InChI=1S/CH5N2OP/c2-1-3-5-4/h1H,5H2,(H2,2,3,4). The molecule has 0 fully saturated rings. The first-order chi connectivity index (χ1) is 2.41. The molecule has 0 aliphatic carbocycles. The maximum absolute atomic E-state index is 9.35. The summed E-state index contributed by atoms with van der Waals surface area (Å²) in [6.45, 7) is 0. The minimum Gasteiger partial charge on any atom is -0.332 e. The van der Waals surface area contributed by atoms with Crippen LogP contribution in [0.1, 0.15) is 0 Å². The number of nitrogens with one attached hydrogen (secondary N) is 2. The van der Waals surface area contributed by atoms with E-state index < -0.39 is 8.61 Å². The summed E-state index contributed by atoms with van der Waals surface area (Å²) in [5, 5.41) is 8.37. The van der Waals surface area contributed by atoms with Gasteiger partial charge in [-0.2, -0.15) is 0 Å². The molecule has 30 valence electrons. The molecule has 0 spiro atoms. The third-order valence-corrected chi connectivity index (χ3v) is 0.454. The molecule has 0 aromatic heterocycles. The van der Waals surface area contributed by atoms with Crippen molar-refractivity contribution >= 4 is 14.9 Å². The average Bonchev–Trinajstić information content (AvgIpc) is 1.41. The van der Waals surface area contributed by atoms with Crippen LogP contribution in [0, 0.1) is 5.41 Å². The van der Waals surface area contributed by atoms with Crippen LogP contribution in [0.5, 0.6) is 0 Å². The van der Waals surface area contributed by atoms with Crippen LogP contribution in [0.25, 0.3) is 0 Å². The van der Waals surface area contributed by atoms with Crippen LogP contribution in [-0.4, -0.2) is 6.34 Å². The molecule has 0 amide bonds. The Hall–Kier alpha value is -0.300. The fraction of sp³-hybridized carbons (Fsp3) is 0. The van der Waals surface area contributed by atoms with Crippen molar-refractivity contribution in [2.45, 2.75) is 0 Å². The largest absolute Gasteiger partial charge is 0.332 e. The van der Waals surface area contributed by atoms with Crippen molar-refractivity contribution in [2.75, 3.05) is 0 Å². The van der Waals surface area contributed by atoms with E-state index in [4.69, 9.17) is 5.41 Å². The van der Waals surface area contributed by atoms with Gasteiger partial charge < -0.3 is 9.65 Å². The molecule has 0 bridgehead atoms. The summed E-state index contributed by atoms with van der Waals surface area (Å²) in [5.41, 5.74) is 0. The highest BCUT2D eigenvalue weighted by Gasteiger charge is 1.49. The maximum Gasteiger partial charge on any atom is 0.147 e. The molecule has 0 saturated heterocycles. The van der Waals surface area contributed by atoms with Crippen molar-refractivity contribution in [3.05, 3.63) is 0 Å². The van der Waals surface area contributed by atoms with Crippen LogP contribution >= 0.6 is 8.61 Å². The highest BCUT2D eigenvalue weighted by atomic mass is 31.1. The average molecular weight is 92.0 g/mol. The van der Waals surface area contributed by atoms with Gasteiger partial charge in [0.1, 0.15) is 8.61 Å². The molecule has 0 radical (unpaired) electrons. The van der Waals surface area contributed by atoms with Gasteiger partial charge in [0.25, 0.3) is 0 Å². The molecule has 0 rings (SSSR count). The van der Waals surface area contributed by atoms with Gasteiger partial charge in [-0.3, -0.25) is 5.41 Å². The van der Waals surface area contributed by atoms with E-state index in [9.17, 15) is 4.57 Å². The van der Waals surface area contributed by atoms with Crippen LogP contribution in [0.3, 0.4) is 0 Å². The first-order valence-corrected chi connectivity index (χ1v) is 2.15. The Bertz CT molecular complexity index is 38.9. The number of hydrogen-bond donors (Lipinski definition) is 2. The highest BCUT2D eigenvalue weighted by Crippen LogP contribution is 1.69. The first kappa shape index (κ1) is 4.70. The SMILES string of the molecule is N=CN[PH2]=O. The molecule has 0 aliphatic rings.